The number of rotatable bonds is 5. The molecule has 1 N–H and O–H groups in total. The summed E-state index contributed by atoms with van der Waals surface area (Å²) in [6, 6.07) is 0. The minimum Gasteiger partial charge on any atom is -0.375 e. The van der Waals surface area contributed by atoms with Crippen molar-refractivity contribution in [3.05, 3.63) is 12.4 Å². The van der Waals surface area contributed by atoms with E-state index in [1.54, 1.807) is 0 Å². The van der Waals surface area contributed by atoms with Crippen LogP contribution in [0.15, 0.2) is 12.4 Å². The maximum absolute atomic E-state index is 4.02. The van der Waals surface area contributed by atoms with E-state index in [1.165, 1.54) is 45.2 Å². The van der Waals surface area contributed by atoms with E-state index in [0.717, 1.165) is 5.82 Å². The van der Waals surface area contributed by atoms with Crippen molar-refractivity contribution in [3.63, 3.8) is 0 Å². The normalized spacial score (nSPS) is 20.1. The van der Waals surface area contributed by atoms with Crippen LogP contribution in [0, 0.1) is 5.41 Å². The molecule has 1 fully saturated rings. The third kappa shape index (κ3) is 3.44. The predicted molar refractivity (Wildman–Crippen MR) is 66.6 cm³/mol. The van der Waals surface area contributed by atoms with Gasteiger partial charge in [-0.15, -0.1) is 0 Å². The average molecular weight is 210 g/mol. The van der Waals surface area contributed by atoms with Crippen LogP contribution in [0.3, 0.4) is 0 Å². The highest BCUT2D eigenvalue weighted by molar-refractivity contribution is 4.94. The van der Waals surface area contributed by atoms with Crippen LogP contribution in [0.1, 0.15) is 46.0 Å². The number of hydrogen-bond donors (Lipinski definition) is 1. The molecule has 1 heterocycles. The molecule has 0 aromatic heterocycles. The molecule has 0 atom stereocenters. The first-order chi connectivity index (χ1) is 7.11. The van der Waals surface area contributed by atoms with Gasteiger partial charge in [0, 0.05) is 20.1 Å². The first-order valence-electron chi connectivity index (χ1n) is 6.23. The highest BCUT2D eigenvalue weighted by atomic mass is 15.2. The van der Waals surface area contributed by atoms with Gasteiger partial charge in [-0.25, -0.2) is 0 Å². The SMILES string of the molecule is C=C(NC)N1CCC(C)(CCCC)CC1. The Morgan fingerprint density at radius 1 is 1.40 bits per heavy atom. The molecule has 0 aromatic rings. The topological polar surface area (TPSA) is 15.3 Å². The smallest absolute Gasteiger partial charge is 0.0936 e. The molecule has 1 saturated heterocycles. The molecule has 2 heteroatoms. The third-order valence-electron chi connectivity index (χ3n) is 3.77. The van der Waals surface area contributed by atoms with Crippen molar-refractivity contribution >= 4 is 0 Å². The van der Waals surface area contributed by atoms with Crippen LogP contribution in [0.5, 0.6) is 0 Å². The maximum atomic E-state index is 4.02. The van der Waals surface area contributed by atoms with Gasteiger partial charge in [0.2, 0.25) is 0 Å². The van der Waals surface area contributed by atoms with E-state index in [-0.39, 0.29) is 0 Å². The lowest BCUT2D eigenvalue weighted by Gasteiger charge is -2.41. The summed E-state index contributed by atoms with van der Waals surface area (Å²) < 4.78 is 0. The largest absolute Gasteiger partial charge is 0.375 e. The predicted octanol–water partition coefficient (Wildman–Crippen LogP) is 2.97. The van der Waals surface area contributed by atoms with Gasteiger partial charge in [-0.3, -0.25) is 0 Å². The van der Waals surface area contributed by atoms with E-state index in [4.69, 9.17) is 0 Å². The van der Waals surface area contributed by atoms with Crippen LogP contribution in [-0.4, -0.2) is 25.0 Å². The Balaban J connectivity index is 2.37. The van der Waals surface area contributed by atoms with Crippen LogP contribution in [-0.2, 0) is 0 Å². The van der Waals surface area contributed by atoms with Crippen LogP contribution in [0.2, 0.25) is 0 Å². The van der Waals surface area contributed by atoms with Crippen molar-refractivity contribution in [2.24, 2.45) is 5.41 Å². The molecule has 2 nitrogen and oxygen atoms in total. The van der Waals surface area contributed by atoms with Gasteiger partial charge in [-0.1, -0.05) is 33.3 Å². The van der Waals surface area contributed by atoms with Gasteiger partial charge in [-0.05, 0) is 24.7 Å². The Labute approximate surface area is 94.7 Å². The first kappa shape index (κ1) is 12.4. The zero-order chi connectivity index (χ0) is 11.3. The fraction of sp³-hybridized carbons (Fsp3) is 0.846. The number of nitrogens with one attached hydrogen (secondary N) is 1. The molecule has 1 aliphatic rings. The summed E-state index contributed by atoms with van der Waals surface area (Å²) in [6.07, 6.45) is 6.72. The molecule has 1 rings (SSSR count). The molecule has 0 aromatic carbocycles. The summed E-state index contributed by atoms with van der Waals surface area (Å²) in [4.78, 5) is 2.37. The number of unbranched alkanes of at least 4 members (excludes halogenated alkanes) is 1. The second kappa shape index (κ2) is 5.43. The van der Waals surface area contributed by atoms with Crippen molar-refractivity contribution in [1.82, 2.24) is 10.2 Å². The molecule has 1 aliphatic heterocycles. The Kier molecular flexibility index (Phi) is 4.49. The maximum Gasteiger partial charge on any atom is 0.0936 e. The van der Waals surface area contributed by atoms with Gasteiger partial charge in [0.15, 0.2) is 0 Å². The summed E-state index contributed by atoms with van der Waals surface area (Å²) in [5.41, 5.74) is 0.584. The van der Waals surface area contributed by atoms with Gasteiger partial charge in [0.25, 0.3) is 0 Å². The molecule has 0 spiro atoms. The van der Waals surface area contributed by atoms with E-state index < -0.39 is 0 Å². The molecule has 0 aliphatic carbocycles. The van der Waals surface area contributed by atoms with E-state index in [1.807, 2.05) is 7.05 Å². The van der Waals surface area contributed by atoms with Crippen molar-refractivity contribution in [2.75, 3.05) is 20.1 Å². The van der Waals surface area contributed by atoms with Crippen molar-refractivity contribution in [3.8, 4) is 0 Å². The van der Waals surface area contributed by atoms with Crippen molar-refractivity contribution in [1.29, 1.82) is 0 Å². The second-order valence-corrected chi connectivity index (χ2v) is 5.10. The Morgan fingerprint density at radius 3 is 2.47 bits per heavy atom. The molecule has 0 amide bonds. The van der Waals surface area contributed by atoms with Crippen LogP contribution < -0.4 is 5.32 Å². The molecular formula is C13H26N2. The van der Waals surface area contributed by atoms with Gasteiger partial charge in [0.1, 0.15) is 0 Å². The van der Waals surface area contributed by atoms with Crippen LogP contribution in [0.4, 0.5) is 0 Å². The number of piperidine rings is 1. The molecule has 0 unspecified atom stereocenters. The lowest BCUT2D eigenvalue weighted by Crippen LogP contribution is -2.40. The van der Waals surface area contributed by atoms with Crippen LogP contribution >= 0.6 is 0 Å². The minimum atomic E-state index is 0.584. The summed E-state index contributed by atoms with van der Waals surface area (Å²) in [5, 5.41) is 3.14. The van der Waals surface area contributed by atoms with Gasteiger partial charge >= 0.3 is 0 Å². The van der Waals surface area contributed by atoms with Gasteiger partial charge in [-0.2, -0.15) is 0 Å². The summed E-state index contributed by atoms with van der Waals surface area (Å²) >= 11 is 0. The summed E-state index contributed by atoms with van der Waals surface area (Å²) in [5.74, 6) is 1.08. The highest BCUT2D eigenvalue weighted by Crippen LogP contribution is 2.36. The molecule has 15 heavy (non-hydrogen) atoms. The first-order valence-corrected chi connectivity index (χ1v) is 6.23. The van der Waals surface area contributed by atoms with E-state index in [9.17, 15) is 0 Å². The van der Waals surface area contributed by atoms with E-state index in [0.29, 0.717) is 5.41 Å². The molecule has 0 saturated carbocycles. The zero-order valence-electron chi connectivity index (χ0n) is 10.6. The van der Waals surface area contributed by atoms with Crippen LogP contribution in [0.25, 0.3) is 0 Å². The number of hydrogen-bond acceptors (Lipinski definition) is 2. The third-order valence-corrected chi connectivity index (χ3v) is 3.77. The molecule has 88 valence electrons. The number of likely N-dealkylation sites (tertiary alicyclic amines) is 1. The summed E-state index contributed by atoms with van der Waals surface area (Å²) in [7, 11) is 1.95. The highest BCUT2D eigenvalue weighted by Gasteiger charge is 2.29. The van der Waals surface area contributed by atoms with E-state index in [2.05, 4.69) is 30.6 Å². The quantitative estimate of drug-likeness (QED) is 0.750. The number of nitrogens with zero attached hydrogens (tertiary/aromatic N) is 1. The Morgan fingerprint density at radius 2 is 2.00 bits per heavy atom. The van der Waals surface area contributed by atoms with Gasteiger partial charge in [0.05, 0.1) is 5.82 Å². The molecule has 0 bridgehead atoms. The Hall–Kier alpha value is -0.660. The van der Waals surface area contributed by atoms with Crippen molar-refractivity contribution < 1.29 is 0 Å². The fourth-order valence-electron chi connectivity index (χ4n) is 2.33. The lowest BCUT2D eigenvalue weighted by molar-refractivity contribution is 0.128. The van der Waals surface area contributed by atoms with E-state index >= 15 is 0 Å². The van der Waals surface area contributed by atoms with Gasteiger partial charge < -0.3 is 10.2 Å². The summed E-state index contributed by atoms with van der Waals surface area (Å²) in [6.45, 7) is 11.1. The Bertz CT molecular complexity index is 203. The molecule has 0 radical (unpaired) electrons. The monoisotopic (exact) mass is 210 g/mol. The second-order valence-electron chi connectivity index (χ2n) is 5.10. The minimum absolute atomic E-state index is 0.584. The average Bonchev–Trinajstić information content (AvgIpc) is 2.26. The fourth-order valence-corrected chi connectivity index (χ4v) is 2.33. The lowest BCUT2D eigenvalue weighted by atomic mass is 9.76. The zero-order valence-corrected chi connectivity index (χ0v) is 10.6. The standard InChI is InChI=1S/C13H26N2/c1-5-6-7-13(3)8-10-15(11-9-13)12(2)14-4/h14H,2,5-11H2,1,3-4H3. The van der Waals surface area contributed by atoms with Crippen molar-refractivity contribution in [2.45, 2.75) is 46.0 Å². The molecular weight excluding hydrogens is 184 g/mol.